The van der Waals surface area contributed by atoms with Crippen molar-refractivity contribution in [1.82, 2.24) is 0 Å². The Morgan fingerprint density at radius 1 is 0.479 bits per heavy atom. The minimum absolute atomic E-state index is 0. The van der Waals surface area contributed by atoms with Crippen molar-refractivity contribution < 1.29 is 26.7 Å². The molecule has 3 rings (SSSR count). The average Bonchev–Trinajstić information content (AvgIpc) is 3.09. The summed E-state index contributed by atoms with van der Waals surface area (Å²) >= 11 is 0. The van der Waals surface area contributed by atoms with Gasteiger partial charge in [0.1, 0.15) is 0 Å². The number of hydrogen-bond donors (Lipinski definition) is 0. The fourth-order valence-corrected chi connectivity index (χ4v) is 5.97. The van der Waals surface area contributed by atoms with Crippen molar-refractivity contribution in [2.24, 2.45) is 9.98 Å². The van der Waals surface area contributed by atoms with Crippen molar-refractivity contribution in [2.45, 2.75) is 151 Å². The van der Waals surface area contributed by atoms with Gasteiger partial charge in [-0.2, -0.15) is 0 Å². The van der Waals surface area contributed by atoms with E-state index in [-0.39, 0.29) is 16.5 Å². The van der Waals surface area contributed by atoms with E-state index in [2.05, 4.69) is 77.9 Å². The summed E-state index contributed by atoms with van der Waals surface area (Å²) in [5, 5.41) is 21.5. The maximum absolute atomic E-state index is 10.8. The van der Waals surface area contributed by atoms with Crippen molar-refractivity contribution in [3.63, 3.8) is 0 Å². The molecule has 0 unspecified atom stereocenters. The van der Waals surface area contributed by atoms with Gasteiger partial charge in [-0.1, -0.05) is 124 Å². The summed E-state index contributed by atoms with van der Waals surface area (Å²) in [5.74, 6) is -0.805. The third kappa shape index (κ3) is 15.1. The first-order chi connectivity index (χ1) is 22.8. The van der Waals surface area contributed by atoms with E-state index < -0.39 is 11.5 Å². The predicted octanol–water partition coefficient (Wildman–Crippen LogP) is 11.5. The van der Waals surface area contributed by atoms with E-state index >= 15 is 0 Å². The summed E-state index contributed by atoms with van der Waals surface area (Å²) in [7, 11) is 0. The molecule has 0 atom stereocenters. The molecule has 3 aromatic rings. The quantitative estimate of drug-likeness (QED) is 0.0711. The van der Waals surface area contributed by atoms with E-state index in [4.69, 9.17) is 9.98 Å². The number of unbranched alkanes of at least 4 members (excludes halogenated alkanes) is 6. The van der Waals surface area contributed by atoms with Crippen molar-refractivity contribution in [2.75, 3.05) is 0 Å². The van der Waals surface area contributed by atoms with Crippen LogP contribution in [0.15, 0.2) is 64.6 Å². The minimum atomic E-state index is -0.412. The molecule has 4 nitrogen and oxygen atoms in total. The molecule has 5 heteroatoms. The molecule has 0 amide bonds. The Labute approximate surface area is 303 Å². The zero-order valence-electron chi connectivity index (χ0n) is 31.0. The first-order valence-corrected chi connectivity index (χ1v) is 18.7. The van der Waals surface area contributed by atoms with Crippen molar-refractivity contribution in [1.29, 1.82) is 0 Å². The van der Waals surface area contributed by atoms with E-state index in [0.717, 1.165) is 74.7 Å². The molecule has 0 spiro atoms. The van der Waals surface area contributed by atoms with Gasteiger partial charge in [-0.15, -0.1) is 11.5 Å². The zero-order chi connectivity index (χ0) is 34.4. The molecule has 0 saturated carbocycles. The van der Waals surface area contributed by atoms with Gasteiger partial charge < -0.3 is 10.2 Å². The van der Waals surface area contributed by atoms with Gasteiger partial charge in [0.15, 0.2) is 0 Å². The molecule has 266 valence electrons. The number of rotatable bonds is 19. The Morgan fingerprint density at radius 2 is 0.958 bits per heavy atom. The largest absolute Gasteiger partial charge is 2.00 e. The Bertz CT molecular complexity index is 1400. The summed E-state index contributed by atoms with van der Waals surface area (Å²) in [4.78, 5) is 10.6. The van der Waals surface area contributed by atoms with Crippen molar-refractivity contribution >= 4 is 22.8 Å². The summed E-state index contributed by atoms with van der Waals surface area (Å²) in [6.07, 6.45) is 18.3. The van der Waals surface area contributed by atoms with Crippen LogP contribution in [-0.2, 0) is 48.6 Å². The second-order valence-electron chi connectivity index (χ2n) is 12.6. The van der Waals surface area contributed by atoms with E-state index in [1.165, 1.54) is 90.8 Å². The standard InChI is InChI=1S/C34H52N2.C9H12O2.Ni/c1-7-13-15-16-17-18-20-34(36-32-24-22-28(10-4)30(12-6)26-32)33(19-14-8-2)35-31-23-21-27(9-3)29(11-5)25-31;1-2-3-7-4-5-8(10)9(11)6-7;/h21-26H,7-20H2,1-6H3;4-6,10-11H,2-3H2,1H3;/q;;+2/p-2. The van der Waals surface area contributed by atoms with Crippen LogP contribution in [0.4, 0.5) is 11.4 Å². The molecule has 0 aliphatic rings. The van der Waals surface area contributed by atoms with Crippen LogP contribution in [-0.4, -0.2) is 11.4 Å². The van der Waals surface area contributed by atoms with Crippen LogP contribution in [0.2, 0.25) is 0 Å². The Morgan fingerprint density at radius 3 is 1.42 bits per heavy atom. The molecule has 0 fully saturated rings. The summed E-state index contributed by atoms with van der Waals surface area (Å²) in [6, 6.07) is 18.1. The van der Waals surface area contributed by atoms with Gasteiger partial charge in [0.2, 0.25) is 0 Å². The zero-order valence-corrected chi connectivity index (χ0v) is 32.0. The van der Waals surface area contributed by atoms with Gasteiger partial charge in [0.25, 0.3) is 0 Å². The smallest absolute Gasteiger partial charge is 0.873 e. The monoisotopic (exact) mass is 696 g/mol. The minimum Gasteiger partial charge on any atom is -0.873 e. The fourth-order valence-electron chi connectivity index (χ4n) is 5.97. The Hall–Kier alpha value is -2.91. The summed E-state index contributed by atoms with van der Waals surface area (Å²) in [6.45, 7) is 15.6. The van der Waals surface area contributed by atoms with E-state index in [9.17, 15) is 10.2 Å². The van der Waals surface area contributed by atoms with Gasteiger partial charge in [-0.25, -0.2) is 0 Å². The normalized spacial score (nSPS) is 11.6. The molecule has 3 aromatic carbocycles. The third-order valence-electron chi connectivity index (χ3n) is 8.85. The Balaban J connectivity index is 0.000000811. The topological polar surface area (TPSA) is 70.8 Å². The molecule has 48 heavy (non-hydrogen) atoms. The van der Waals surface area contributed by atoms with E-state index in [0.29, 0.717) is 0 Å². The molecular formula is C43H62N2NiO2. The molecule has 0 saturated heterocycles. The van der Waals surface area contributed by atoms with Crippen LogP contribution in [0.5, 0.6) is 11.5 Å². The maximum Gasteiger partial charge on any atom is 2.00 e. The predicted molar refractivity (Wildman–Crippen MR) is 201 cm³/mol. The SMILES string of the molecule is CCCCCCCCC(=Nc1ccc(CC)c(CC)c1)C(CCCC)=Nc1ccc(CC)c(CC)c1.CCCc1ccc([O-])c([O-])c1.[Ni+2]. The van der Waals surface area contributed by atoms with Gasteiger partial charge in [0, 0.05) is 0 Å². The first kappa shape index (κ1) is 43.1. The number of aryl methyl sites for hydroxylation is 5. The Kier molecular flexibility index (Phi) is 22.6. The molecule has 0 aliphatic carbocycles. The molecule has 0 N–H and O–H groups in total. The number of benzene rings is 3. The van der Waals surface area contributed by atoms with Crippen LogP contribution in [0.3, 0.4) is 0 Å². The maximum atomic E-state index is 10.8. The van der Waals surface area contributed by atoms with E-state index in [1.54, 1.807) is 6.07 Å². The van der Waals surface area contributed by atoms with Crippen molar-refractivity contribution in [3.05, 3.63) is 82.4 Å². The van der Waals surface area contributed by atoms with Crippen LogP contribution < -0.4 is 10.2 Å². The van der Waals surface area contributed by atoms with Gasteiger partial charge in [-0.05, 0) is 110 Å². The third-order valence-corrected chi connectivity index (χ3v) is 8.85. The van der Waals surface area contributed by atoms with Gasteiger partial charge >= 0.3 is 16.5 Å². The van der Waals surface area contributed by atoms with Gasteiger partial charge in [-0.3, -0.25) is 9.98 Å². The molecular weight excluding hydrogens is 635 g/mol. The van der Waals surface area contributed by atoms with Crippen LogP contribution in [0, 0.1) is 0 Å². The molecule has 0 aromatic heterocycles. The number of nitrogens with zero attached hydrogens (tertiary/aromatic N) is 2. The van der Waals surface area contributed by atoms with Gasteiger partial charge in [0.05, 0.1) is 22.8 Å². The average molecular weight is 698 g/mol. The first-order valence-electron chi connectivity index (χ1n) is 18.7. The molecule has 0 bridgehead atoms. The number of aliphatic imine (C=N–C) groups is 2. The second kappa shape index (κ2) is 25.1. The van der Waals surface area contributed by atoms with Crippen molar-refractivity contribution in [3.8, 4) is 11.5 Å². The summed E-state index contributed by atoms with van der Waals surface area (Å²) in [5.41, 5.74) is 11.2. The second-order valence-corrected chi connectivity index (χ2v) is 12.6. The fraction of sp³-hybridized carbons (Fsp3) is 0.535. The molecule has 0 heterocycles. The van der Waals surface area contributed by atoms with E-state index in [1.807, 2.05) is 6.92 Å². The number of hydrogen-bond acceptors (Lipinski definition) is 4. The van der Waals surface area contributed by atoms with Crippen LogP contribution in [0.1, 0.15) is 147 Å². The van der Waals surface area contributed by atoms with Crippen LogP contribution in [0.25, 0.3) is 0 Å². The molecule has 0 radical (unpaired) electrons. The summed E-state index contributed by atoms with van der Waals surface area (Å²) < 4.78 is 0. The molecule has 0 aliphatic heterocycles. The van der Waals surface area contributed by atoms with Crippen LogP contribution >= 0.6 is 0 Å².